The van der Waals surface area contributed by atoms with Crippen LogP contribution < -0.4 is 16.8 Å². The summed E-state index contributed by atoms with van der Waals surface area (Å²) >= 11 is 0. The van der Waals surface area contributed by atoms with Gasteiger partial charge in [0.1, 0.15) is 23.9 Å². The van der Waals surface area contributed by atoms with Crippen molar-refractivity contribution in [3.05, 3.63) is 29.8 Å². The number of amides is 3. The zero-order valence-electron chi connectivity index (χ0n) is 20.5. The van der Waals surface area contributed by atoms with E-state index in [1.54, 1.807) is 12.1 Å². The number of phenolic OH excluding ortho intramolecular Hbond substituents is 1. The van der Waals surface area contributed by atoms with Crippen molar-refractivity contribution < 1.29 is 29.4 Å². The largest absolute Gasteiger partial charge is 0.508 e. The molecule has 0 bridgehead atoms. The molecule has 0 spiro atoms. The second-order valence-electron chi connectivity index (χ2n) is 9.54. The summed E-state index contributed by atoms with van der Waals surface area (Å²) in [5.41, 5.74) is 12.5. The number of nitrogens with one attached hydrogen (secondary N) is 1. The van der Waals surface area contributed by atoms with Crippen molar-refractivity contribution in [2.45, 2.75) is 75.5 Å². The van der Waals surface area contributed by atoms with Crippen molar-refractivity contribution in [1.82, 2.24) is 15.1 Å². The van der Waals surface area contributed by atoms with E-state index in [4.69, 9.17) is 11.5 Å². The molecule has 4 atom stereocenters. The molecule has 3 rings (SSSR count). The van der Waals surface area contributed by atoms with Gasteiger partial charge in [0, 0.05) is 13.1 Å². The Hall–Kier alpha value is -3.18. The number of carbonyl (C=O) groups is 4. The van der Waals surface area contributed by atoms with Crippen LogP contribution in [0.5, 0.6) is 5.75 Å². The summed E-state index contributed by atoms with van der Waals surface area (Å²) in [5.74, 6) is -2.12. The fourth-order valence-electron chi connectivity index (χ4n) is 4.97. The summed E-state index contributed by atoms with van der Waals surface area (Å²) in [5, 5.41) is 21.7. The zero-order valence-corrected chi connectivity index (χ0v) is 20.5. The van der Waals surface area contributed by atoms with Crippen LogP contribution in [-0.4, -0.2) is 87.5 Å². The van der Waals surface area contributed by atoms with Gasteiger partial charge in [-0.25, -0.2) is 4.79 Å². The number of carbonyl (C=O) groups excluding carboxylic acids is 3. The Bertz CT molecular complexity index is 939. The zero-order chi connectivity index (χ0) is 26.2. The Kier molecular flexibility index (Phi) is 9.65. The maximum atomic E-state index is 13.6. The summed E-state index contributed by atoms with van der Waals surface area (Å²) in [7, 11) is 0. The van der Waals surface area contributed by atoms with Crippen LogP contribution in [0.25, 0.3) is 0 Å². The number of hydrogen-bond donors (Lipinski definition) is 5. The number of phenols is 1. The van der Waals surface area contributed by atoms with E-state index in [1.807, 2.05) is 0 Å². The SMILES string of the molecule is NCCCCC(NC(=O)C(N)Cc1ccc(O)cc1)C(=O)N1CCCC1C(=O)N1CCCC1C(=O)O. The van der Waals surface area contributed by atoms with Crippen molar-refractivity contribution in [1.29, 1.82) is 0 Å². The molecule has 7 N–H and O–H groups in total. The highest BCUT2D eigenvalue weighted by Gasteiger charge is 2.43. The van der Waals surface area contributed by atoms with Crippen LogP contribution in [0.1, 0.15) is 50.5 Å². The maximum absolute atomic E-state index is 13.6. The molecular formula is C25H37N5O6. The van der Waals surface area contributed by atoms with Crippen molar-refractivity contribution in [3.8, 4) is 5.75 Å². The van der Waals surface area contributed by atoms with Gasteiger partial charge in [-0.05, 0) is 75.6 Å². The van der Waals surface area contributed by atoms with Gasteiger partial charge >= 0.3 is 5.97 Å². The molecule has 2 saturated heterocycles. The molecule has 0 aromatic heterocycles. The van der Waals surface area contributed by atoms with Crippen LogP contribution in [-0.2, 0) is 25.6 Å². The van der Waals surface area contributed by atoms with E-state index in [0.717, 1.165) is 5.56 Å². The minimum absolute atomic E-state index is 0.112. The Balaban J connectivity index is 1.69. The molecule has 36 heavy (non-hydrogen) atoms. The van der Waals surface area contributed by atoms with Crippen LogP contribution in [0.15, 0.2) is 24.3 Å². The number of nitrogens with zero attached hydrogens (tertiary/aromatic N) is 2. The van der Waals surface area contributed by atoms with E-state index in [0.29, 0.717) is 64.6 Å². The highest BCUT2D eigenvalue weighted by Crippen LogP contribution is 2.26. The van der Waals surface area contributed by atoms with Gasteiger partial charge in [0.05, 0.1) is 6.04 Å². The molecule has 0 aliphatic carbocycles. The third kappa shape index (κ3) is 6.73. The predicted octanol–water partition coefficient (Wildman–Crippen LogP) is -0.0576. The third-order valence-electron chi connectivity index (χ3n) is 6.93. The van der Waals surface area contributed by atoms with Crippen LogP contribution in [0.2, 0.25) is 0 Å². The number of carboxylic acid groups (broad SMARTS) is 1. The number of unbranched alkanes of at least 4 members (excludes halogenated alkanes) is 1. The molecule has 11 nitrogen and oxygen atoms in total. The lowest BCUT2D eigenvalue weighted by Crippen LogP contribution is -2.57. The maximum Gasteiger partial charge on any atom is 0.326 e. The Morgan fingerprint density at radius 1 is 1.00 bits per heavy atom. The van der Waals surface area contributed by atoms with Crippen LogP contribution in [0.3, 0.4) is 0 Å². The van der Waals surface area contributed by atoms with Gasteiger partial charge in [0.25, 0.3) is 0 Å². The Labute approximate surface area is 210 Å². The average Bonchev–Trinajstić information content (AvgIpc) is 3.54. The van der Waals surface area contributed by atoms with E-state index in [9.17, 15) is 29.4 Å². The molecule has 2 aliphatic heterocycles. The first-order chi connectivity index (χ1) is 17.2. The normalized spacial score (nSPS) is 21.3. The molecule has 1 aromatic carbocycles. The van der Waals surface area contributed by atoms with Gasteiger partial charge < -0.3 is 36.8 Å². The lowest BCUT2D eigenvalue weighted by Gasteiger charge is -2.32. The number of rotatable bonds is 11. The van der Waals surface area contributed by atoms with E-state index >= 15 is 0 Å². The number of aromatic hydroxyl groups is 1. The minimum Gasteiger partial charge on any atom is -0.508 e. The van der Waals surface area contributed by atoms with Gasteiger partial charge in [-0.3, -0.25) is 14.4 Å². The second-order valence-corrected chi connectivity index (χ2v) is 9.54. The molecule has 3 amide bonds. The van der Waals surface area contributed by atoms with Crippen molar-refractivity contribution in [3.63, 3.8) is 0 Å². The Morgan fingerprint density at radius 3 is 2.28 bits per heavy atom. The standard InChI is InChI=1S/C25H37N5O6/c26-12-2-1-5-19(28-22(32)18(27)15-16-8-10-17(31)11-9-16)23(33)29-13-3-6-20(29)24(34)30-14-4-7-21(30)25(35)36/h8-11,18-21,31H,1-7,12-15,26-27H2,(H,28,32)(H,35,36). The highest BCUT2D eigenvalue weighted by atomic mass is 16.4. The van der Waals surface area contributed by atoms with Gasteiger partial charge in [-0.1, -0.05) is 12.1 Å². The summed E-state index contributed by atoms with van der Waals surface area (Å²) in [6, 6.07) is 3.00. The lowest BCUT2D eigenvalue weighted by molar-refractivity contribution is -0.152. The van der Waals surface area contributed by atoms with Gasteiger partial charge in [0.15, 0.2) is 0 Å². The van der Waals surface area contributed by atoms with Crippen LogP contribution in [0, 0.1) is 0 Å². The third-order valence-corrected chi connectivity index (χ3v) is 6.93. The number of benzene rings is 1. The molecule has 0 radical (unpaired) electrons. The van der Waals surface area contributed by atoms with Gasteiger partial charge in [-0.15, -0.1) is 0 Å². The number of likely N-dealkylation sites (tertiary alicyclic amines) is 2. The first kappa shape index (κ1) is 27.4. The summed E-state index contributed by atoms with van der Waals surface area (Å²) in [4.78, 5) is 54.1. The number of nitrogens with two attached hydrogens (primary N) is 2. The molecular weight excluding hydrogens is 466 g/mol. The summed E-state index contributed by atoms with van der Waals surface area (Å²) in [6.45, 7) is 1.17. The summed E-state index contributed by atoms with van der Waals surface area (Å²) in [6.07, 6.45) is 3.96. The fraction of sp³-hybridized carbons (Fsp3) is 0.600. The molecule has 11 heteroatoms. The molecule has 1 aromatic rings. The average molecular weight is 504 g/mol. The quantitative estimate of drug-likeness (QED) is 0.261. The minimum atomic E-state index is -1.04. The molecule has 2 aliphatic rings. The topological polar surface area (TPSA) is 179 Å². The van der Waals surface area contributed by atoms with E-state index in [2.05, 4.69) is 5.32 Å². The Morgan fingerprint density at radius 2 is 1.64 bits per heavy atom. The second kappa shape index (κ2) is 12.7. The first-order valence-electron chi connectivity index (χ1n) is 12.6. The van der Waals surface area contributed by atoms with E-state index in [-0.39, 0.29) is 24.0 Å². The lowest BCUT2D eigenvalue weighted by atomic mass is 10.0. The predicted molar refractivity (Wildman–Crippen MR) is 132 cm³/mol. The van der Waals surface area contributed by atoms with Gasteiger partial charge in [-0.2, -0.15) is 0 Å². The van der Waals surface area contributed by atoms with Crippen molar-refractivity contribution in [2.24, 2.45) is 11.5 Å². The molecule has 198 valence electrons. The smallest absolute Gasteiger partial charge is 0.326 e. The van der Waals surface area contributed by atoms with E-state index in [1.165, 1.54) is 21.9 Å². The van der Waals surface area contributed by atoms with Crippen LogP contribution >= 0.6 is 0 Å². The van der Waals surface area contributed by atoms with E-state index < -0.39 is 36.0 Å². The van der Waals surface area contributed by atoms with Crippen LogP contribution in [0.4, 0.5) is 0 Å². The molecule has 4 unspecified atom stereocenters. The number of aliphatic carboxylic acids is 1. The van der Waals surface area contributed by atoms with Crippen molar-refractivity contribution >= 4 is 23.7 Å². The number of carboxylic acids is 1. The van der Waals surface area contributed by atoms with Crippen molar-refractivity contribution in [2.75, 3.05) is 19.6 Å². The molecule has 0 saturated carbocycles. The molecule has 2 fully saturated rings. The fourth-order valence-corrected chi connectivity index (χ4v) is 4.97. The number of hydrogen-bond acceptors (Lipinski definition) is 7. The van der Waals surface area contributed by atoms with Gasteiger partial charge in [0.2, 0.25) is 17.7 Å². The highest BCUT2D eigenvalue weighted by molar-refractivity contribution is 5.94. The molecule has 2 heterocycles. The first-order valence-corrected chi connectivity index (χ1v) is 12.6. The monoisotopic (exact) mass is 503 g/mol. The summed E-state index contributed by atoms with van der Waals surface area (Å²) < 4.78 is 0.